The summed E-state index contributed by atoms with van der Waals surface area (Å²) >= 11 is 0. The Morgan fingerprint density at radius 1 is 1.17 bits per heavy atom. The molecule has 30 heavy (non-hydrogen) atoms. The molecule has 2 N–H and O–H groups in total. The van der Waals surface area contributed by atoms with Crippen molar-refractivity contribution in [2.24, 2.45) is 16.3 Å². The average Bonchev–Trinajstić information content (AvgIpc) is 3.35. The maximum Gasteiger partial charge on any atom is 0.191 e. The number of nitrogens with zero attached hydrogens (tertiary/aromatic N) is 1. The van der Waals surface area contributed by atoms with Crippen molar-refractivity contribution >= 4 is 29.9 Å². The van der Waals surface area contributed by atoms with Crippen LogP contribution in [0.15, 0.2) is 29.3 Å². The van der Waals surface area contributed by atoms with Crippen LogP contribution < -0.4 is 15.4 Å². The van der Waals surface area contributed by atoms with Gasteiger partial charge in [-0.2, -0.15) is 0 Å². The monoisotopic (exact) mass is 525 g/mol. The Morgan fingerprint density at radius 2 is 1.93 bits per heavy atom. The zero-order valence-electron chi connectivity index (χ0n) is 18.4. The lowest BCUT2D eigenvalue weighted by atomic mass is 9.57. The third-order valence-corrected chi connectivity index (χ3v) is 7.73. The smallest absolute Gasteiger partial charge is 0.191 e. The van der Waals surface area contributed by atoms with Gasteiger partial charge in [0.05, 0.1) is 12.1 Å². The number of para-hydroxylation sites is 1. The van der Waals surface area contributed by atoms with Gasteiger partial charge in [-0.1, -0.05) is 32.0 Å². The van der Waals surface area contributed by atoms with Crippen LogP contribution in [0.25, 0.3) is 0 Å². The maximum absolute atomic E-state index is 6.54. The molecule has 2 heterocycles. The van der Waals surface area contributed by atoms with Gasteiger partial charge in [-0.05, 0) is 45.1 Å². The standard InChI is InChI=1S/C24H35N3O2.HI/c1-4-25-22(27-20-17-11-14-28-21(17)23(20,2)3)26-18-15-24(12-7-8-13-24)29-19-10-6-5-9-16(18)19;/h5-6,9-10,17-18,20-21H,4,7-8,11-15H2,1-3H3,(H2,25,26,27);1H. The fourth-order valence-corrected chi connectivity index (χ4v) is 6.29. The van der Waals surface area contributed by atoms with Crippen LogP contribution in [-0.4, -0.2) is 36.9 Å². The Labute approximate surface area is 197 Å². The van der Waals surface area contributed by atoms with Gasteiger partial charge in [0.2, 0.25) is 0 Å². The van der Waals surface area contributed by atoms with E-state index in [1.807, 2.05) is 0 Å². The summed E-state index contributed by atoms with van der Waals surface area (Å²) < 4.78 is 12.5. The Kier molecular flexibility index (Phi) is 6.28. The summed E-state index contributed by atoms with van der Waals surface area (Å²) in [5.41, 5.74) is 1.38. The lowest BCUT2D eigenvalue weighted by Gasteiger charge is -2.55. The van der Waals surface area contributed by atoms with Gasteiger partial charge in [0.25, 0.3) is 0 Å². The number of hydrogen-bond donors (Lipinski definition) is 2. The topological polar surface area (TPSA) is 54.9 Å². The Morgan fingerprint density at radius 3 is 2.70 bits per heavy atom. The molecule has 1 spiro atoms. The zero-order valence-corrected chi connectivity index (χ0v) is 20.8. The van der Waals surface area contributed by atoms with Crippen molar-refractivity contribution in [1.82, 2.24) is 10.6 Å². The molecule has 1 aromatic carbocycles. The Bertz CT molecular complexity index is 790. The van der Waals surface area contributed by atoms with E-state index in [4.69, 9.17) is 14.5 Å². The number of guanidine groups is 1. The summed E-state index contributed by atoms with van der Waals surface area (Å²) in [5.74, 6) is 2.57. The number of rotatable bonds is 3. The van der Waals surface area contributed by atoms with E-state index in [0.717, 1.165) is 50.5 Å². The average molecular weight is 525 g/mol. The minimum atomic E-state index is -0.0104. The summed E-state index contributed by atoms with van der Waals surface area (Å²) in [6, 6.07) is 9.16. The van der Waals surface area contributed by atoms with Gasteiger partial charge in [0.1, 0.15) is 11.4 Å². The molecule has 4 aliphatic rings. The molecule has 166 valence electrons. The highest BCUT2D eigenvalue weighted by atomic mass is 127. The van der Waals surface area contributed by atoms with E-state index < -0.39 is 0 Å². The number of fused-ring (bicyclic) bond motifs is 2. The lowest BCUT2D eigenvalue weighted by molar-refractivity contribution is -0.107. The van der Waals surface area contributed by atoms with Gasteiger partial charge >= 0.3 is 0 Å². The van der Waals surface area contributed by atoms with Crippen LogP contribution in [0, 0.1) is 11.3 Å². The number of halogens is 1. The van der Waals surface area contributed by atoms with Crippen LogP contribution in [0.1, 0.15) is 70.9 Å². The molecule has 5 rings (SSSR count). The van der Waals surface area contributed by atoms with E-state index in [9.17, 15) is 0 Å². The van der Waals surface area contributed by atoms with Crippen molar-refractivity contribution in [1.29, 1.82) is 0 Å². The summed E-state index contributed by atoms with van der Waals surface area (Å²) in [4.78, 5) is 4.82. The summed E-state index contributed by atoms with van der Waals surface area (Å²) in [5, 5.41) is 7.59. The van der Waals surface area contributed by atoms with Gasteiger partial charge in [0.15, 0.2) is 5.96 Å². The van der Waals surface area contributed by atoms with Crippen LogP contribution in [0.5, 0.6) is 5.75 Å². The van der Waals surface area contributed by atoms with Crippen LogP contribution in [-0.2, 0) is 4.74 Å². The van der Waals surface area contributed by atoms with E-state index in [-0.39, 0.29) is 41.0 Å². The van der Waals surface area contributed by atoms with E-state index in [2.05, 4.69) is 55.7 Å². The van der Waals surface area contributed by atoms with E-state index in [1.54, 1.807) is 0 Å². The van der Waals surface area contributed by atoms with Crippen molar-refractivity contribution in [3.05, 3.63) is 29.8 Å². The van der Waals surface area contributed by atoms with Gasteiger partial charge in [0, 0.05) is 42.5 Å². The minimum absolute atomic E-state index is 0. The molecule has 0 radical (unpaired) electrons. The van der Waals surface area contributed by atoms with Crippen LogP contribution in [0.4, 0.5) is 0 Å². The summed E-state index contributed by atoms with van der Waals surface area (Å²) in [7, 11) is 0. The molecule has 2 aliphatic heterocycles. The number of aliphatic imine (C=N–C) groups is 1. The third kappa shape index (κ3) is 3.72. The summed E-state index contributed by atoms with van der Waals surface area (Å²) in [6.45, 7) is 8.40. The molecule has 4 unspecified atom stereocenters. The lowest BCUT2D eigenvalue weighted by Crippen LogP contribution is -2.68. The molecular weight excluding hydrogens is 489 g/mol. The second-order valence-corrected chi connectivity index (χ2v) is 9.94. The molecule has 0 amide bonds. The number of hydrogen-bond acceptors (Lipinski definition) is 3. The van der Waals surface area contributed by atoms with Crippen molar-refractivity contribution in [2.75, 3.05) is 13.2 Å². The predicted octanol–water partition coefficient (Wildman–Crippen LogP) is 4.81. The normalized spacial score (nSPS) is 33.0. The molecule has 1 aromatic rings. The fraction of sp³-hybridized carbons (Fsp3) is 0.708. The van der Waals surface area contributed by atoms with E-state index in [1.165, 1.54) is 18.4 Å². The first-order valence-corrected chi connectivity index (χ1v) is 11.5. The highest BCUT2D eigenvalue weighted by Gasteiger charge is 2.59. The molecule has 3 fully saturated rings. The number of ether oxygens (including phenoxy) is 2. The first kappa shape index (κ1) is 22.2. The molecule has 5 nitrogen and oxygen atoms in total. The second-order valence-electron chi connectivity index (χ2n) is 9.94. The second kappa shape index (κ2) is 8.49. The van der Waals surface area contributed by atoms with Crippen molar-refractivity contribution in [2.45, 2.75) is 83.1 Å². The summed E-state index contributed by atoms with van der Waals surface area (Å²) in [6.07, 6.45) is 7.39. The molecule has 4 atom stereocenters. The minimum Gasteiger partial charge on any atom is -0.487 e. The van der Waals surface area contributed by atoms with Gasteiger partial charge < -0.3 is 20.1 Å². The van der Waals surface area contributed by atoms with Crippen LogP contribution in [0.2, 0.25) is 0 Å². The quantitative estimate of drug-likeness (QED) is 0.338. The number of benzene rings is 1. The number of nitrogens with one attached hydrogen (secondary N) is 2. The molecule has 6 heteroatoms. The highest BCUT2D eigenvalue weighted by Crippen LogP contribution is 2.52. The SMILES string of the molecule is CCN=C(NC1CC2(CCCC2)Oc2ccccc21)NC1C2CCOC2C1(C)C.I. The van der Waals surface area contributed by atoms with Gasteiger partial charge in [-0.25, -0.2) is 0 Å². The first-order chi connectivity index (χ1) is 14.0. The van der Waals surface area contributed by atoms with E-state index >= 15 is 0 Å². The Balaban J connectivity index is 0.00000218. The van der Waals surface area contributed by atoms with Crippen LogP contribution in [0.3, 0.4) is 0 Å². The molecule has 1 saturated heterocycles. The third-order valence-electron chi connectivity index (χ3n) is 7.73. The van der Waals surface area contributed by atoms with E-state index in [0.29, 0.717) is 18.1 Å². The predicted molar refractivity (Wildman–Crippen MR) is 131 cm³/mol. The van der Waals surface area contributed by atoms with Crippen molar-refractivity contribution < 1.29 is 9.47 Å². The fourth-order valence-electron chi connectivity index (χ4n) is 6.29. The molecule has 0 aromatic heterocycles. The zero-order chi connectivity index (χ0) is 20.1. The Hall–Kier alpha value is -1.02. The first-order valence-electron chi connectivity index (χ1n) is 11.5. The van der Waals surface area contributed by atoms with Crippen LogP contribution >= 0.6 is 24.0 Å². The van der Waals surface area contributed by atoms with Crippen molar-refractivity contribution in [3.63, 3.8) is 0 Å². The molecule has 2 saturated carbocycles. The largest absolute Gasteiger partial charge is 0.487 e. The highest BCUT2D eigenvalue weighted by molar-refractivity contribution is 14.0. The maximum atomic E-state index is 6.54. The molecule has 2 aliphatic carbocycles. The van der Waals surface area contributed by atoms with Gasteiger partial charge in [-0.15, -0.1) is 24.0 Å². The van der Waals surface area contributed by atoms with Gasteiger partial charge in [-0.3, -0.25) is 4.99 Å². The molecule has 0 bridgehead atoms. The van der Waals surface area contributed by atoms with Crippen molar-refractivity contribution in [3.8, 4) is 5.75 Å². The molecular formula is C24H36IN3O2.